The summed E-state index contributed by atoms with van der Waals surface area (Å²) in [5.41, 5.74) is 4.46. The van der Waals surface area contributed by atoms with Crippen molar-refractivity contribution >= 4 is 35.0 Å². The summed E-state index contributed by atoms with van der Waals surface area (Å²) in [6.07, 6.45) is 1.60. The van der Waals surface area contributed by atoms with Crippen LogP contribution in [0, 0.1) is 19.7 Å². The average Bonchev–Trinajstić information content (AvgIpc) is 3.23. The van der Waals surface area contributed by atoms with Gasteiger partial charge >= 0.3 is 0 Å². The van der Waals surface area contributed by atoms with Crippen LogP contribution in [0.25, 0.3) is 11.3 Å². The first-order valence-corrected chi connectivity index (χ1v) is 12.2. The van der Waals surface area contributed by atoms with Crippen molar-refractivity contribution in [3.8, 4) is 17.0 Å². The SMILES string of the molecule is Cc1cccc(C)c1NC(=O)CSc1ncc(-c2ccc(F)cc2)n1CC(=O)Nc1cccc(O)c1. The molecule has 4 rings (SSSR count). The van der Waals surface area contributed by atoms with E-state index >= 15 is 0 Å². The van der Waals surface area contributed by atoms with E-state index in [4.69, 9.17) is 0 Å². The van der Waals surface area contributed by atoms with Gasteiger partial charge in [0.2, 0.25) is 11.8 Å². The molecule has 0 aliphatic heterocycles. The van der Waals surface area contributed by atoms with Crippen LogP contribution in [-0.4, -0.2) is 32.2 Å². The normalized spacial score (nSPS) is 10.8. The fourth-order valence-electron chi connectivity index (χ4n) is 3.72. The number of benzene rings is 3. The first-order chi connectivity index (χ1) is 17.3. The Morgan fingerprint density at radius 3 is 2.36 bits per heavy atom. The summed E-state index contributed by atoms with van der Waals surface area (Å²) in [7, 11) is 0. The van der Waals surface area contributed by atoms with Crippen molar-refractivity contribution in [2.45, 2.75) is 25.5 Å². The number of imidazole rings is 1. The first kappa shape index (κ1) is 25.0. The van der Waals surface area contributed by atoms with Crippen LogP contribution in [0.1, 0.15) is 11.1 Å². The lowest BCUT2D eigenvalue weighted by Crippen LogP contribution is -2.20. The maximum atomic E-state index is 13.5. The van der Waals surface area contributed by atoms with Gasteiger partial charge in [-0.2, -0.15) is 0 Å². The maximum absolute atomic E-state index is 13.5. The second-order valence-corrected chi connectivity index (χ2v) is 9.16. The largest absolute Gasteiger partial charge is 0.508 e. The molecule has 0 aliphatic carbocycles. The van der Waals surface area contributed by atoms with E-state index in [0.717, 1.165) is 16.8 Å². The molecule has 4 aromatic rings. The minimum absolute atomic E-state index is 0.0357. The number of carbonyl (C=O) groups excluding carboxylic acids is 2. The minimum atomic E-state index is -0.371. The van der Waals surface area contributed by atoms with Crippen LogP contribution in [0.5, 0.6) is 5.75 Å². The molecular formula is C27H25FN4O3S. The molecule has 184 valence electrons. The molecule has 3 N–H and O–H groups in total. The Kier molecular flexibility index (Phi) is 7.70. The van der Waals surface area contributed by atoms with E-state index in [0.29, 0.717) is 22.1 Å². The van der Waals surface area contributed by atoms with Crippen molar-refractivity contribution in [2.24, 2.45) is 0 Å². The van der Waals surface area contributed by atoms with E-state index in [9.17, 15) is 19.1 Å². The zero-order valence-corrected chi connectivity index (χ0v) is 20.6. The number of amides is 2. The van der Waals surface area contributed by atoms with Gasteiger partial charge in [0.1, 0.15) is 18.1 Å². The van der Waals surface area contributed by atoms with Gasteiger partial charge in [0.25, 0.3) is 0 Å². The molecule has 0 bridgehead atoms. The van der Waals surface area contributed by atoms with E-state index in [-0.39, 0.29) is 35.7 Å². The topological polar surface area (TPSA) is 96.2 Å². The third-order valence-corrected chi connectivity index (χ3v) is 6.46. The molecule has 0 spiro atoms. The van der Waals surface area contributed by atoms with Gasteiger partial charge in [-0.15, -0.1) is 0 Å². The van der Waals surface area contributed by atoms with Gasteiger partial charge in [-0.1, -0.05) is 36.0 Å². The number of hydrogen-bond donors (Lipinski definition) is 3. The number of nitrogens with one attached hydrogen (secondary N) is 2. The van der Waals surface area contributed by atoms with Crippen LogP contribution < -0.4 is 10.6 Å². The molecule has 0 saturated heterocycles. The number of para-hydroxylation sites is 1. The molecule has 2 amide bonds. The molecule has 9 heteroatoms. The number of halogens is 1. The van der Waals surface area contributed by atoms with Crippen LogP contribution in [0.3, 0.4) is 0 Å². The number of phenols is 1. The highest BCUT2D eigenvalue weighted by Gasteiger charge is 2.17. The quantitative estimate of drug-likeness (QED) is 0.280. The fourth-order valence-corrected chi connectivity index (χ4v) is 4.50. The van der Waals surface area contributed by atoms with Crippen LogP contribution >= 0.6 is 11.8 Å². The highest BCUT2D eigenvalue weighted by Crippen LogP contribution is 2.27. The summed E-state index contributed by atoms with van der Waals surface area (Å²) in [6.45, 7) is 3.77. The number of thioether (sulfide) groups is 1. The number of anilines is 2. The Hall–Kier alpha value is -4.11. The lowest BCUT2D eigenvalue weighted by Gasteiger charge is -2.13. The third kappa shape index (κ3) is 6.11. The van der Waals surface area contributed by atoms with Gasteiger partial charge in [-0.25, -0.2) is 9.37 Å². The lowest BCUT2D eigenvalue weighted by molar-refractivity contribution is -0.117. The summed E-state index contributed by atoms with van der Waals surface area (Å²) < 4.78 is 15.2. The molecule has 0 aliphatic rings. The van der Waals surface area contributed by atoms with Crippen molar-refractivity contribution in [3.63, 3.8) is 0 Å². The number of aryl methyl sites for hydroxylation is 2. The number of hydrogen-bond acceptors (Lipinski definition) is 5. The lowest BCUT2D eigenvalue weighted by atomic mass is 10.1. The van der Waals surface area contributed by atoms with Crippen LogP contribution in [0.4, 0.5) is 15.8 Å². The highest BCUT2D eigenvalue weighted by molar-refractivity contribution is 7.99. The number of carbonyl (C=O) groups is 2. The Bertz CT molecular complexity index is 1380. The second-order valence-electron chi connectivity index (χ2n) is 8.22. The summed E-state index contributed by atoms with van der Waals surface area (Å²) in [5, 5.41) is 15.8. The van der Waals surface area contributed by atoms with Crippen molar-refractivity contribution in [2.75, 3.05) is 16.4 Å². The molecule has 0 unspecified atom stereocenters. The van der Waals surface area contributed by atoms with E-state index in [1.807, 2.05) is 32.0 Å². The Labute approximate surface area is 212 Å². The fraction of sp³-hybridized carbons (Fsp3) is 0.148. The number of rotatable bonds is 8. The van der Waals surface area contributed by atoms with Gasteiger partial charge in [0.05, 0.1) is 17.6 Å². The molecule has 3 aromatic carbocycles. The summed E-state index contributed by atoms with van der Waals surface area (Å²) in [5.74, 6) is -0.789. The standard InChI is InChI=1S/C27H25FN4O3S/c1-17-5-3-6-18(2)26(17)31-25(35)16-36-27-29-14-23(19-9-11-20(28)12-10-19)32(27)15-24(34)30-21-7-4-8-22(33)13-21/h3-14,33H,15-16H2,1-2H3,(H,30,34)(H,31,35). The Balaban J connectivity index is 1.54. The van der Waals surface area contributed by atoms with E-state index in [1.54, 1.807) is 35.0 Å². The summed E-state index contributed by atoms with van der Waals surface area (Å²) >= 11 is 1.20. The average molecular weight is 505 g/mol. The number of aromatic nitrogens is 2. The smallest absolute Gasteiger partial charge is 0.244 e. The molecule has 1 heterocycles. The molecular weight excluding hydrogens is 479 g/mol. The zero-order chi connectivity index (χ0) is 25.7. The van der Waals surface area contributed by atoms with E-state index < -0.39 is 0 Å². The highest BCUT2D eigenvalue weighted by atomic mass is 32.2. The van der Waals surface area contributed by atoms with Crippen molar-refractivity contribution in [1.29, 1.82) is 0 Å². The van der Waals surface area contributed by atoms with Crippen molar-refractivity contribution < 1.29 is 19.1 Å². The van der Waals surface area contributed by atoms with Crippen molar-refractivity contribution in [1.82, 2.24) is 9.55 Å². The van der Waals surface area contributed by atoms with Gasteiger partial charge in [-0.05, 0) is 66.9 Å². The molecule has 36 heavy (non-hydrogen) atoms. The number of aromatic hydroxyl groups is 1. The maximum Gasteiger partial charge on any atom is 0.244 e. The monoisotopic (exact) mass is 504 g/mol. The number of phenolic OH excluding ortho intramolecular Hbond substituents is 1. The molecule has 0 fully saturated rings. The predicted octanol–water partition coefficient (Wildman–Crippen LogP) is 5.38. The first-order valence-electron chi connectivity index (χ1n) is 11.2. The van der Waals surface area contributed by atoms with Gasteiger partial charge in [-0.3, -0.25) is 9.59 Å². The van der Waals surface area contributed by atoms with Gasteiger partial charge in [0, 0.05) is 17.4 Å². The molecule has 0 saturated carbocycles. The van der Waals surface area contributed by atoms with Gasteiger partial charge < -0.3 is 20.3 Å². The second kappa shape index (κ2) is 11.1. The van der Waals surface area contributed by atoms with Gasteiger partial charge in [0.15, 0.2) is 5.16 Å². The molecule has 7 nitrogen and oxygen atoms in total. The molecule has 0 atom stereocenters. The van der Waals surface area contributed by atoms with E-state index in [1.165, 1.54) is 36.0 Å². The van der Waals surface area contributed by atoms with Crippen molar-refractivity contribution in [3.05, 3.63) is 89.9 Å². The molecule has 1 aromatic heterocycles. The number of nitrogens with zero attached hydrogens (tertiary/aromatic N) is 2. The van der Waals surface area contributed by atoms with Crippen LogP contribution in [-0.2, 0) is 16.1 Å². The van der Waals surface area contributed by atoms with Crippen LogP contribution in [0.2, 0.25) is 0 Å². The Morgan fingerprint density at radius 1 is 0.972 bits per heavy atom. The minimum Gasteiger partial charge on any atom is -0.508 e. The Morgan fingerprint density at radius 2 is 1.67 bits per heavy atom. The predicted molar refractivity (Wildman–Crippen MR) is 140 cm³/mol. The zero-order valence-electron chi connectivity index (χ0n) is 19.8. The molecule has 0 radical (unpaired) electrons. The van der Waals surface area contributed by atoms with Crippen LogP contribution in [0.15, 0.2) is 78.1 Å². The van der Waals surface area contributed by atoms with E-state index in [2.05, 4.69) is 15.6 Å². The summed E-state index contributed by atoms with van der Waals surface area (Å²) in [6, 6.07) is 17.9. The third-order valence-electron chi connectivity index (χ3n) is 5.47. The summed E-state index contributed by atoms with van der Waals surface area (Å²) in [4.78, 5) is 30.0.